The maximum absolute atomic E-state index is 12.8. The van der Waals surface area contributed by atoms with Gasteiger partial charge in [-0.05, 0) is 37.1 Å². The summed E-state index contributed by atoms with van der Waals surface area (Å²) in [4.78, 5) is 24.7. The smallest absolute Gasteiger partial charge is 0.307 e. The van der Waals surface area contributed by atoms with Gasteiger partial charge in [-0.3, -0.25) is 14.5 Å². The van der Waals surface area contributed by atoms with Crippen LogP contribution in [0.15, 0.2) is 24.3 Å². The number of nitrogens with zero attached hydrogens (tertiary/aromatic N) is 1. The molecule has 0 aliphatic carbocycles. The minimum atomic E-state index is -0.800. The van der Waals surface area contributed by atoms with E-state index in [0.717, 1.165) is 18.5 Å². The maximum atomic E-state index is 12.8. The third-order valence-electron chi connectivity index (χ3n) is 3.62. The second kappa shape index (κ2) is 7.17. The van der Waals surface area contributed by atoms with Gasteiger partial charge in [0.1, 0.15) is 5.82 Å². The maximum Gasteiger partial charge on any atom is 0.307 e. The van der Waals surface area contributed by atoms with E-state index in [0.29, 0.717) is 19.5 Å². The van der Waals surface area contributed by atoms with Crippen LogP contribution in [-0.4, -0.2) is 41.5 Å². The normalized spacial score (nSPS) is 19.2. The van der Waals surface area contributed by atoms with Crippen LogP contribution in [0.4, 0.5) is 4.39 Å². The van der Waals surface area contributed by atoms with Gasteiger partial charge in [0.05, 0.1) is 12.5 Å². The standard InChI is InChI=1S/C15H19FN2O3/c16-13-5-3-11(4-6-13)8-17-14(19)10-18-7-1-2-12(9-18)15(20)21/h3-6,12H,1-2,7-10H2,(H,17,19)(H,20,21). The Morgan fingerprint density at radius 2 is 2.05 bits per heavy atom. The van der Waals surface area contributed by atoms with E-state index in [4.69, 9.17) is 5.11 Å². The highest BCUT2D eigenvalue weighted by molar-refractivity contribution is 5.78. The Balaban J connectivity index is 1.76. The van der Waals surface area contributed by atoms with Crippen molar-refractivity contribution in [3.63, 3.8) is 0 Å². The van der Waals surface area contributed by atoms with Crippen LogP contribution < -0.4 is 5.32 Å². The number of carbonyl (C=O) groups is 2. The third kappa shape index (κ3) is 4.82. The van der Waals surface area contributed by atoms with E-state index in [9.17, 15) is 14.0 Å². The summed E-state index contributed by atoms with van der Waals surface area (Å²) in [6.07, 6.45) is 1.46. The van der Waals surface area contributed by atoms with Crippen LogP contribution in [0.2, 0.25) is 0 Å². The van der Waals surface area contributed by atoms with Crippen LogP contribution in [0.3, 0.4) is 0 Å². The minimum absolute atomic E-state index is 0.148. The van der Waals surface area contributed by atoms with Gasteiger partial charge in [-0.1, -0.05) is 12.1 Å². The van der Waals surface area contributed by atoms with E-state index in [1.807, 2.05) is 4.90 Å². The van der Waals surface area contributed by atoms with Gasteiger partial charge in [0.25, 0.3) is 0 Å². The minimum Gasteiger partial charge on any atom is -0.481 e. The molecular weight excluding hydrogens is 275 g/mol. The van der Waals surface area contributed by atoms with Gasteiger partial charge in [-0.25, -0.2) is 4.39 Å². The molecule has 0 bridgehead atoms. The van der Waals surface area contributed by atoms with Crippen molar-refractivity contribution in [2.75, 3.05) is 19.6 Å². The molecule has 1 aliphatic rings. The van der Waals surface area contributed by atoms with Gasteiger partial charge < -0.3 is 10.4 Å². The predicted octanol–water partition coefficient (Wildman–Crippen LogP) is 1.24. The van der Waals surface area contributed by atoms with Gasteiger partial charge in [0, 0.05) is 13.1 Å². The van der Waals surface area contributed by atoms with Crippen LogP contribution in [0.25, 0.3) is 0 Å². The molecule has 5 nitrogen and oxygen atoms in total. The van der Waals surface area contributed by atoms with Crippen LogP contribution in [0.1, 0.15) is 18.4 Å². The topological polar surface area (TPSA) is 69.6 Å². The number of rotatable bonds is 5. The first kappa shape index (κ1) is 15.4. The number of carboxylic acid groups (broad SMARTS) is 1. The van der Waals surface area contributed by atoms with Gasteiger partial charge >= 0.3 is 5.97 Å². The third-order valence-corrected chi connectivity index (χ3v) is 3.62. The number of amides is 1. The number of carboxylic acids is 1. The van der Waals surface area contributed by atoms with Gasteiger partial charge in [-0.15, -0.1) is 0 Å². The van der Waals surface area contributed by atoms with E-state index < -0.39 is 5.97 Å². The van der Waals surface area contributed by atoms with Crippen molar-refractivity contribution in [2.45, 2.75) is 19.4 Å². The molecule has 1 atom stereocenters. The molecule has 1 unspecified atom stereocenters. The zero-order valence-corrected chi connectivity index (χ0v) is 11.7. The van der Waals surface area contributed by atoms with Crippen LogP contribution >= 0.6 is 0 Å². The molecule has 0 aromatic heterocycles. The molecule has 1 amide bonds. The Labute approximate surface area is 122 Å². The molecule has 0 radical (unpaired) electrons. The molecule has 1 fully saturated rings. The fourth-order valence-corrected chi connectivity index (χ4v) is 2.46. The van der Waals surface area contributed by atoms with E-state index in [-0.39, 0.29) is 24.2 Å². The average molecular weight is 294 g/mol. The lowest BCUT2D eigenvalue weighted by atomic mass is 9.98. The highest BCUT2D eigenvalue weighted by Gasteiger charge is 2.26. The molecule has 1 saturated heterocycles. The number of piperidine rings is 1. The second-order valence-electron chi connectivity index (χ2n) is 5.32. The van der Waals surface area contributed by atoms with Gasteiger partial charge in [-0.2, -0.15) is 0 Å². The van der Waals surface area contributed by atoms with Crippen molar-refractivity contribution in [1.29, 1.82) is 0 Å². The number of carbonyl (C=O) groups excluding carboxylic acids is 1. The molecule has 1 aromatic rings. The monoisotopic (exact) mass is 294 g/mol. The first-order valence-corrected chi connectivity index (χ1v) is 7.01. The van der Waals surface area contributed by atoms with Crippen LogP contribution in [0.5, 0.6) is 0 Å². The summed E-state index contributed by atoms with van der Waals surface area (Å²) >= 11 is 0. The number of hydrogen-bond acceptors (Lipinski definition) is 3. The first-order chi connectivity index (χ1) is 10.0. The van der Waals surface area contributed by atoms with Crippen molar-refractivity contribution in [3.05, 3.63) is 35.6 Å². The zero-order chi connectivity index (χ0) is 15.2. The molecule has 2 rings (SSSR count). The van der Waals surface area contributed by atoms with E-state index >= 15 is 0 Å². The van der Waals surface area contributed by atoms with Crippen LogP contribution in [0, 0.1) is 11.7 Å². The molecular formula is C15H19FN2O3. The summed E-state index contributed by atoms with van der Waals surface area (Å²) in [7, 11) is 0. The van der Waals surface area contributed by atoms with E-state index in [2.05, 4.69) is 5.32 Å². The lowest BCUT2D eigenvalue weighted by Crippen LogP contribution is -2.44. The number of aliphatic carboxylic acids is 1. The number of likely N-dealkylation sites (tertiary alicyclic amines) is 1. The number of halogens is 1. The molecule has 1 heterocycles. The second-order valence-corrected chi connectivity index (χ2v) is 5.32. The quantitative estimate of drug-likeness (QED) is 0.857. The molecule has 21 heavy (non-hydrogen) atoms. The number of hydrogen-bond donors (Lipinski definition) is 2. The number of benzene rings is 1. The largest absolute Gasteiger partial charge is 0.481 e. The number of nitrogens with one attached hydrogen (secondary N) is 1. The van der Waals surface area contributed by atoms with Gasteiger partial charge in [0.15, 0.2) is 0 Å². The fraction of sp³-hybridized carbons (Fsp3) is 0.467. The average Bonchev–Trinajstić information content (AvgIpc) is 2.47. The summed E-state index contributed by atoms with van der Waals surface area (Å²) in [5, 5.41) is 11.8. The Hall–Kier alpha value is -1.95. The van der Waals surface area contributed by atoms with Gasteiger partial charge in [0.2, 0.25) is 5.91 Å². The highest BCUT2D eigenvalue weighted by Crippen LogP contribution is 2.16. The van der Waals surface area contributed by atoms with E-state index in [1.165, 1.54) is 12.1 Å². The molecule has 1 aliphatic heterocycles. The Bertz CT molecular complexity index is 504. The highest BCUT2D eigenvalue weighted by atomic mass is 19.1. The van der Waals surface area contributed by atoms with E-state index in [1.54, 1.807) is 12.1 Å². The Morgan fingerprint density at radius 1 is 1.33 bits per heavy atom. The summed E-state index contributed by atoms with van der Waals surface area (Å²) in [6, 6.07) is 5.95. The zero-order valence-electron chi connectivity index (χ0n) is 11.7. The SMILES string of the molecule is O=C(CN1CCCC(C(=O)O)C1)NCc1ccc(F)cc1. The Morgan fingerprint density at radius 3 is 2.71 bits per heavy atom. The molecule has 6 heteroatoms. The molecule has 0 spiro atoms. The van der Waals surface area contributed by atoms with Crippen molar-refractivity contribution in [3.8, 4) is 0 Å². The molecule has 114 valence electrons. The predicted molar refractivity (Wildman–Crippen MR) is 75.0 cm³/mol. The summed E-state index contributed by atoms with van der Waals surface area (Å²) in [5.74, 6) is -1.64. The molecule has 1 aromatic carbocycles. The molecule has 0 saturated carbocycles. The lowest BCUT2D eigenvalue weighted by molar-refractivity contribution is -0.144. The van der Waals surface area contributed by atoms with Crippen molar-refractivity contribution in [2.24, 2.45) is 5.92 Å². The Kier molecular flexibility index (Phi) is 5.27. The first-order valence-electron chi connectivity index (χ1n) is 7.01. The van der Waals surface area contributed by atoms with Crippen LogP contribution in [-0.2, 0) is 16.1 Å². The lowest BCUT2D eigenvalue weighted by Gasteiger charge is -2.29. The summed E-state index contributed by atoms with van der Waals surface area (Å²) in [5.41, 5.74) is 0.826. The summed E-state index contributed by atoms with van der Waals surface area (Å²) in [6.45, 7) is 1.70. The van der Waals surface area contributed by atoms with Crippen molar-refractivity contribution >= 4 is 11.9 Å². The van der Waals surface area contributed by atoms with Crippen molar-refractivity contribution in [1.82, 2.24) is 10.2 Å². The van der Waals surface area contributed by atoms with Crippen molar-refractivity contribution < 1.29 is 19.1 Å². The molecule has 2 N–H and O–H groups in total. The fourth-order valence-electron chi connectivity index (χ4n) is 2.46. The summed E-state index contributed by atoms with van der Waals surface area (Å²) < 4.78 is 12.8.